The van der Waals surface area contributed by atoms with Crippen molar-refractivity contribution in [2.24, 2.45) is 0 Å². The molecular formula is C21H27N5O4S. The number of fused-ring (bicyclic) bond motifs is 1. The second-order valence-electron chi connectivity index (χ2n) is 7.92. The average Bonchev–Trinajstić information content (AvgIpc) is 3.21. The maximum atomic E-state index is 11.9. The lowest BCUT2D eigenvalue weighted by atomic mass is 10.1. The van der Waals surface area contributed by atoms with E-state index < -0.39 is 10.0 Å². The van der Waals surface area contributed by atoms with Crippen LogP contribution in [0.15, 0.2) is 36.5 Å². The molecule has 2 aromatic rings. The topological polar surface area (TPSA) is 105 Å². The summed E-state index contributed by atoms with van der Waals surface area (Å²) in [5.41, 5.74) is 0. The fourth-order valence-corrected chi connectivity index (χ4v) is 5.13. The lowest BCUT2D eigenvalue weighted by Crippen LogP contribution is -2.41. The molecule has 0 spiro atoms. The molecule has 2 fully saturated rings. The van der Waals surface area contributed by atoms with Crippen molar-refractivity contribution in [3.63, 3.8) is 0 Å². The summed E-state index contributed by atoms with van der Waals surface area (Å²) < 4.78 is 30.7. The van der Waals surface area contributed by atoms with Gasteiger partial charge in [0.25, 0.3) is 0 Å². The molecule has 2 aliphatic rings. The third kappa shape index (κ3) is 4.80. The number of carbonyl (C=O) groups is 1. The Labute approximate surface area is 182 Å². The normalized spacial score (nSPS) is 20.7. The summed E-state index contributed by atoms with van der Waals surface area (Å²) in [4.78, 5) is 22.5. The summed E-state index contributed by atoms with van der Waals surface area (Å²) in [6, 6.07) is 4.05. The second kappa shape index (κ2) is 8.80. The van der Waals surface area contributed by atoms with Gasteiger partial charge in [-0.3, -0.25) is 4.79 Å². The van der Waals surface area contributed by atoms with E-state index >= 15 is 0 Å². The molecule has 1 N–H and O–H groups in total. The van der Waals surface area contributed by atoms with Crippen LogP contribution in [-0.4, -0.2) is 67.0 Å². The minimum Gasteiger partial charge on any atom is -0.461 e. The van der Waals surface area contributed by atoms with Crippen LogP contribution in [0.2, 0.25) is 0 Å². The van der Waals surface area contributed by atoms with Crippen molar-refractivity contribution in [1.29, 1.82) is 0 Å². The van der Waals surface area contributed by atoms with Crippen molar-refractivity contribution in [3.8, 4) is 0 Å². The number of anilines is 2. The number of nitrogens with one attached hydrogen (secondary N) is 1. The van der Waals surface area contributed by atoms with Gasteiger partial charge in [0.2, 0.25) is 10.0 Å². The molecule has 4 rings (SSSR count). The molecule has 9 nitrogen and oxygen atoms in total. The van der Waals surface area contributed by atoms with E-state index in [1.54, 1.807) is 6.20 Å². The van der Waals surface area contributed by atoms with Gasteiger partial charge >= 0.3 is 5.97 Å². The number of rotatable bonds is 6. The van der Waals surface area contributed by atoms with Gasteiger partial charge in [0.15, 0.2) is 0 Å². The van der Waals surface area contributed by atoms with Crippen LogP contribution in [0.4, 0.5) is 11.6 Å². The molecule has 4 heterocycles. The van der Waals surface area contributed by atoms with Gasteiger partial charge in [-0.15, -0.1) is 0 Å². The molecule has 166 valence electrons. The van der Waals surface area contributed by atoms with E-state index in [0.717, 1.165) is 40.8 Å². The van der Waals surface area contributed by atoms with Crippen LogP contribution >= 0.6 is 0 Å². The Morgan fingerprint density at radius 2 is 2.03 bits per heavy atom. The van der Waals surface area contributed by atoms with Crippen LogP contribution in [0.3, 0.4) is 0 Å². The van der Waals surface area contributed by atoms with Crippen LogP contribution in [0.5, 0.6) is 0 Å². The van der Waals surface area contributed by atoms with Crippen LogP contribution in [0, 0.1) is 0 Å². The molecule has 0 aliphatic carbocycles. The van der Waals surface area contributed by atoms with Gasteiger partial charge in [-0.05, 0) is 25.0 Å². The van der Waals surface area contributed by atoms with Crippen molar-refractivity contribution in [1.82, 2.24) is 14.3 Å². The van der Waals surface area contributed by atoms with Crippen LogP contribution in [0.25, 0.3) is 10.8 Å². The fourth-order valence-electron chi connectivity index (χ4n) is 4.20. The first-order valence-electron chi connectivity index (χ1n) is 10.4. The van der Waals surface area contributed by atoms with E-state index in [2.05, 4.69) is 26.8 Å². The molecule has 1 unspecified atom stereocenters. The van der Waals surface area contributed by atoms with Gasteiger partial charge in [-0.2, -0.15) is 4.31 Å². The molecule has 0 radical (unpaired) electrons. The highest BCUT2D eigenvalue weighted by molar-refractivity contribution is 7.92. The maximum Gasteiger partial charge on any atom is 0.302 e. The highest BCUT2D eigenvalue weighted by Gasteiger charge is 2.28. The summed E-state index contributed by atoms with van der Waals surface area (Å²) in [5, 5.41) is 6.41. The third-order valence-corrected chi connectivity index (χ3v) is 7.29. The van der Waals surface area contributed by atoms with Crippen LogP contribution < -0.4 is 10.2 Å². The van der Waals surface area contributed by atoms with Gasteiger partial charge < -0.3 is 15.0 Å². The van der Waals surface area contributed by atoms with Crippen molar-refractivity contribution >= 4 is 38.4 Å². The van der Waals surface area contributed by atoms with E-state index in [-0.39, 0.29) is 18.1 Å². The zero-order valence-electron chi connectivity index (χ0n) is 17.5. The zero-order chi connectivity index (χ0) is 22.0. The third-order valence-electron chi connectivity index (χ3n) is 5.78. The summed E-state index contributed by atoms with van der Waals surface area (Å²) in [7, 11) is -3.36. The molecule has 1 atom stereocenters. The fraction of sp³-hybridized carbons (Fsp3) is 0.476. The highest BCUT2D eigenvalue weighted by Crippen LogP contribution is 2.30. The van der Waals surface area contributed by atoms with Gasteiger partial charge in [0.05, 0.1) is 6.54 Å². The number of sulfonamides is 1. The summed E-state index contributed by atoms with van der Waals surface area (Å²) >= 11 is 0. The van der Waals surface area contributed by atoms with Crippen LogP contribution in [0.1, 0.15) is 26.2 Å². The Kier molecular flexibility index (Phi) is 6.10. The Morgan fingerprint density at radius 1 is 1.26 bits per heavy atom. The first-order valence-corrected chi connectivity index (χ1v) is 11.9. The number of hydrogen-bond acceptors (Lipinski definition) is 8. The summed E-state index contributed by atoms with van der Waals surface area (Å²) in [6.45, 7) is 7.12. The first kappa shape index (κ1) is 21.5. The smallest absolute Gasteiger partial charge is 0.302 e. The number of piperidine rings is 1. The molecule has 31 heavy (non-hydrogen) atoms. The second-order valence-corrected chi connectivity index (χ2v) is 9.80. The lowest BCUT2D eigenvalue weighted by molar-refractivity contribution is -0.145. The summed E-state index contributed by atoms with van der Waals surface area (Å²) in [5.74, 6) is 1.33. The van der Waals surface area contributed by atoms with Crippen molar-refractivity contribution in [2.45, 2.75) is 38.3 Å². The number of aromatic nitrogens is 2. The number of nitrogens with zero attached hydrogens (tertiary/aromatic N) is 4. The number of ether oxygens (including phenoxy) is 1. The van der Waals surface area contributed by atoms with E-state index in [1.165, 1.54) is 11.2 Å². The molecule has 0 amide bonds. The predicted octanol–water partition coefficient (Wildman–Crippen LogP) is 2.12. The molecule has 0 aromatic carbocycles. The quantitative estimate of drug-likeness (QED) is 0.674. The van der Waals surface area contributed by atoms with Crippen LogP contribution in [-0.2, 0) is 19.6 Å². The molecular weight excluding hydrogens is 418 g/mol. The predicted molar refractivity (Wildman–Crippen MR) is 119 cm³/mol. The highest BCUT2D eigenvalue weighted by atomic mass is 32.2. The molecule has 0 bridgehead atoms. The Hall–Kier alpha value is -2.72. The van der Waals surface area contributed by atoms with E-state index in [4.69, 9.17) is 4.74 Å². The number of esters is 1. The Balaban J connectivity index is 1.48. The van der Waals surface area contributed by atoms with Crippen molar-refractivity contribution < 1.29 is 17.9 Å². The largest absolute Gasteiger partial charge is 0.461 e. The first-order chi connectivity index (χ1) is 14.9. The van der Waals surface area contributed by atoms with E-state index in [1.807, 2.05) is 18.3 Å². The molecule has 10 heteroatoms. The zero-order valence-corrected chi connectivity index (χ0v) is 18.3. The minimum absolute atomic E-state index is 0.119. The maximum absolute atomic E-state index is 11.9. The molecule has 0 saturated carbocycles. The van der Waals surface area contributed by atoms with Crippen molar-refractivity contribution in [2.75, 3.05) is 36.4 Å². The minimum atomic E-state index is -3.36. The Morgan fingerprint density at radius 3 is 2.74 bits per heavy atom. The molecule has 2 saturated heterocycles. The monoisotopic (exact) mass is 445 g/mol. The SMILES string of the molecule is C=CS(=O)(=O)N1CCC(Nc2cc3c(N4CCC(OC(C)=O)C4)nccc3cn2)CC1. The summed E-state index contributed by atoms with van der Waals surface area (Å²) in [6.07, 6.45) is 5.64. The van der Waals surface area contributed by atoms with Gasteiger partial charge in [0, 0.05) is 67.6 Å². The molecule has 2 aliphatic heterocycles. The lowest BCUT2D eigenvalue weighted by Gasteiger charge is -2.31. The van der Waals surface area contributed by atoms with Crippen molar-refractivity contribution in [3.05, 3.63) is 36.5 Å². The van der Waals surface area contributed by atoms with Gasteiger partial charge in [0.1, 0.15) is 17.7 Å². The molecule has 2 aromatic heterocycles. The standard InChI is InChI=1S/C21H27N5O4S/c1-3-31(28,29)26-10-5-17(6-11-26)24-20-12-19-16(13-23-20)4-8-22-21(19)25-9-7-18(14-25)30-15(2)27/h3-4,8,12-13,17-18H,1,5-7,9-11,14H2,2H3,(H,23,24). The number of carbonyl (C=O) groups excluding carboxylic acids is 1. The van der Waals surface area contributed by atoms with Gasteiger partial charge in [-0.25, -0.2) is 18.4 Å². The van der Waals surface area contributed by atoms with E-state index in [0.29, 0.717) is 32.5 Å². The van der Waals surface area contributed by atoms with Gasteiger partial charge in [-0.1, -0.05) is 6.58 Å². The average molecular weight is 446 g/mol. The van der Waals surface area contributed by atoms with E-state index in [9.17, 15) is 13.2 Å². The Bertz CT molecular complexity index is 1080. The number of pyridine rings is 2. The number of hydrogen-bond donors (Lipinski definition) is 1.